The van der Waals surface area contributed by atoms with Crippen molar-refractivity contribution in [3.05, 3.63) is 63.2 Å². The number of anilines is 1. The first-order valence-electron chi connectivity index (χ1n) is 8.36. The van der Waals surface area contributed by atoms with E-state index in [1.165, 1.54) is 18.2 Å². The molecule has 0 aliphatic heterocycles. The molecular weight excluding hydrogens is 364 g/mol. The molecule has 0 bridgehead atoms. The number of aryl methyl sites for hydroxylation is 2. The van der Waals surface area contributed by atoms with Gasteiger partial charge in [0, 0.05) is 17.8 Å². The molecule has 0 spiro atoms. The maximum atomic E-state index is 12.2. The summed E-state index contributed by atoms with van der Waals surface area (Å²) < 4.78 is 0. The van der Waals surface area contributed by atoms with Gasteiger partial charge in [-0.15, -0.1) is 0 Å². The molecular formula is C19H20N4O5. The lowest BCUT2D eigenvalue weighted by molar-refractivity contribution is -0.384. The third-order valence-corrected chi connectivity index (χ3v) is 3.95. The Hall–Kier alpha value is -3.75. The number of nitrogens with one attached hydrogen (secondary N) is 2. The Bertz CT molecular complexity index is 969. The van der Waals surface area contributed by atoms with Crippen LogP contribution in [0, 0.1) is 24.0 Å². The molecule has 0 aromatic heterocycles. The number of rotatable bonds is 6. The number of hydrazone groups is 1. The lowest BCUT2D eigenvalue weighted by Gasteiger charge is -2.09. The minimum atomic E-state index is -0.601. The molecule has 0 atom stereocenters. The fraction of sp³-hybridized carbons (Fsp3) is 0.211. The van der Waals surface area contributed by atoms with Crippen molar-refractivity contribution in [2.24, 2.45) is 5.10 Å². The number of aromatic hydroxyl groups is 1. The van der Waals surface area contributed by atoms with Gasteiger partial charge < -0.3 is 10.4 Å². The van der Waals surface area contributed by atoms with Crippen LogP contribution in [0.2, 0.25) is 0 Å². The molecule has 28 heavy (non-hydrogen) atoms. The number of carbonyl (C=O) groups excluding carboxylic acids is 2. The SMILES string of the molecule is C/C(CC(=O)Nc1cc([N+](=O)[O-])ccc1C)=N\NC(=O)c1cccc(C)c1O. The Morgan fingerprint density at radius 2 is 1.89 bits per heavy atom. The second-order valence-corrected chi connectivity index (χ2v) is 6.24. The van der Waals surface area contributed by atoms with Crippen LogP contribution in [0.4, 0.5) is 11.4 Å². The third-order valence-electron chi connectivity index (χ3n) is 3.95. The molecule has 2 aromatic rings. The fourth-order valence-corrected chi connectivity index (χ4v) is 2.37. The van der Waals surface area contributed by atoms with Gasteiger partial charge in [0.25, 0.3) is 11.6 Å². The van der Waals surface area contributed by atoms with E-state index >= 15 is 0 Å². The lowest BCUT2D eigenvalue weighted by Crippen LogP contribution is -2.22. The van der Waals surface area contributed by atoms with Crippen molar-refractivity contribution in [2.45, 2.75) is 27.2 Å². The first-order valence-corrected chi connectivity index (χ1v) is 8.36. The molecule has 0 radical (unpaired) electrons. The van der Waals surface area contributed by atoms with Crippen LogP contribution in [0.3, 0.4) is 0 Å². The van der Waals surface area contributed by atoms with Gasteiger partial charge in [0.05, 0.1) is 22.6 Å². The minimum absolute atomic E-state index is 0.0771. The summed E-state index contributed by atoms with van der Waals surface area (Å²) in [5, 5.41) is 27.2. The Kier molecular flexibility index (Phi) is 6.43. The summed E-state index contributed by atoms with van der Waals surface area (Å²) in [4.78, 5) is 34.6. The molecule has 0 fully saturated rings. The highest BCUT2D eigenvalue weighted by Crippen LogP contribution is 2.22. The average Bonchev–Trinajstić information content (AvgIpc) is 2.63. The predicted octanol–water partition coefficient (Wildman–Crippen LogP) is 3.05. The summed E-state index contributed by atoms with van der Waals surface area (Å²) in [6.07, 6.45) is -0.123. The van der Waals surface area contributed by atoms with Crippen LogP contribution < -0.4 is 10.7 Å². The number of nitro benzene ring substituents is 1. The summed E-state index contributed by atoms with van der Waals surface area (Å²) in [6, 6.07) is 8.94. The van der Waals surface area contributed by atoms with Crippen molar-refractivity contribution >= 4 is 28.9 Å². The van der Waals surface area contributed by atoms with Gasteiger partial charge in [0.1, 0.15) is 5.75 Å². The van der Waals surface area contributed by atoms with E-state index in [9.17, 15) is 24.8 Å². The van der Waals surface area contributed by atoms with E-state index in [0.717, 1.165) is 0 Å². The maximum Gasteiger partial charge on any atom is 0.275 e. The fourth-order valence-electron chi connectivity index (χ4n) is 2.37. The normalized spacial score (nSPS) is 11.0. The number of phenolic OH excluding ortho intramolecular Hbond substituents is 1. The van der Waals surface area contributed by atoms with Crippen LogP contribution in [0.15, 0.2) is 41.5 Å². The van der Waals surface area contributed by atoms with Crippen molar-refractivity contribution in [3.63, 3.8) is 0 Å². The van der Waals surface area contributed by atoms with Crippen LogP contribution in [0.25, 0.3) is 0 Å². The molecule has 0 aliphatic rings. The van der Waals surface area contributed by atoms with Gasteiger partial charge in [-0.2, -0.15) is 5.10 Å². The van der Waals surface area contributed by atoms with Gasteiger partial charge in [-0.3, -0.25) is 19.7 Å². The van der Waals surface area contributed by atoms with Crippen molar-refractivity contribution < 1.29 is 19.6 Å². The zero-order valence-electron chi connectivity index (χ0n) is 15.6. The van der Waals surface area contributed by atoms with Gasteiger partial charge in [0.15, 0.2) is 0 Å². The summed E-state index contributed by atoms with van der Waals surface area (Å²) in [5.41, 5.74) is 4.13. The minimum Gasteiger partial charge on any atom is -0.507 e. The van der Waals surface area contributed by atoms with Gasteiger partial charge >= 0.3 is 0 Å². The highest BCUT2D eigenvalue weighted by molar-refractivity contribution is 6.06. The first kappa shape index (κ1) is 20.6. The number of carbonyl (C=O) groups is 2. The highest BCUT2D eigenvalue weighted by atomic mass is 16.6. The van der Waals surface area contributed by atoms with Crippen LogP contribution in [0.1, 0.15) is 34.8 Å². The molecule has 9 heteroatoms. The first-order chi connectivity index (χ1) is 13.2. The topological polar surface area (TPSA) is 134 Å². The zero-order chi connectivity index (χ0) is 20.8. The largest absolute Gasteiger partial charge is 0.507 e. The quantitative estimate of drug-likeness (QED) is 0.400. The summed E-state index contributed by atoms with van der Waals surface area (Å²) in [6.45, 7) is 4.94. The van der Waals surface area contributed by atoms with Crippen molar-refractivity contribution in [2.75, 3.05) is 5.32 Å². The molecule has 9 nitrogen and oxygen atoms in total. The molecule has 2 rings (SSSR count). The van der Waals surface area contributed by atoms with Crippen molar-refractivity contribution in [3.8, 4) is 5.75 Å². The Labute approximate surface area is 161 Å². The highest BCUT2D eigenvalue weighted by Gasteiger charge is 2.14. The number of nitrogens with zero attached hydrogens (tertiary/aromatic N) is 2. The molecule has 0 unspecified atom stereocenters. The van der Waals surface area contributed by atoms with E-state index in [1.54, 1.807) is 39.0 Å². The average molecular weight is 384 g/mol. The van der Waals surface area contributed by atoms with Crippen molar-refractivity contribution in [1.82, 2.24) is 5.43 Å². The number of benzene rings is 2. The molecule has 146 valence electrons. The van der Waals surface area contributed by atoms with Gasteiger partial charge in [-0.1, -0.05) is 18.2 Å². The van der Waals surface area contributed by atoms with E-state index in [2.05, 4.69) is 15.8 Å². The van der Waals surface area contributed by atoms with E-state index in [0.29, 0.717) is 22.5 Å². The number of phenols is 1. The summed E-state index contributed by atoms with van der Waals surface area (Å²) in [5.74, 6) is -1.17. The number of non-ortho nitro benzene ring substituents is 1. The van der Waals surface area contributed by atoms with Gasteiger partial charge in [-0.05, 0) is 38.0 Å². The van der Waals surface area contributed by atoms with Crippen LogP contribution in [-0.2, 0) is 4.79 Å². The summed E-state index contributed by atoms with van der Waals surface area (Å²) >= 11 is 0. The van der Waals surface area contributed by atoms with Crippen LogP contribution >= 0.6 is 0 Å². The molecule has 3 N–H and O–H groups in total. The van der Waals surface area contributed by atoms with E-state index in [1.807, 2.05) is 0 Å². The van der Waals surface area contributed by atoms with Crippen LogP contribution in [-0.4, -0.2) is 27.6 Å². The molecule has 2 amide bonds. The molecule has 0 aliphatic carbocycles. The second kappa shape index (κ2) is 8.76. The number of hydrogen-bond donors (Lipinski definition) is 3. The Balaban J connectivity index is 2.00. The second-order valence-electron chi connectivity index (χ2n) is 6.24. The summed E-state index contributed by atoms with van der Waals surface area (Å²) in [7, 11) is 0. The Morgan fingerprint density at radius 1 is 1.18 bits per heavy atom. The predicted molar refractivity (Wildman–Crippen MR) is 104 cm³/mol. The molecule has 0 saturated heterocycles. The number of nitro groups is 1. The molecule has 0 saturated carbocycles. The van der Waals surface area contributed by atoms with E-state index in [4.69, 9.17) is 0 Å². The molecule has 0 heterocycles. The standard InChI is InChI=1S/C19H20N4O5/c1-11-7-8-14(23(27)28)10-16(11)20-17(24)9-13(3)21-22-19(26)15-6-4-5-12(2)18(15)25/h4-8,10,25H,9H2,1-3H3,(H,20,24)(H,22,26)/b21-13+. The third kappa shape index (κ3) is 5.13. The van der Waals surface area contributed by atoms with Crippen molar-refractivity contribution in [1.29, 1.82) is 0 Å². The smallest absolute Gasteiger partial charge is 0.275 e. The van der Waals surface area contributed by atoms with Gasteiger partial charge in [-0.25, -0.2) is 5.43 Å². The van der Waals surface area contributed by atoms with E-state index < -0.39 is 16.7 Å². The van der Waals surface area contributed by atoms with E-state index in [-0.39, 0.29) is 23.4 Å². The maximum absolute atomic E-state index is 12.2. The van der Waals surface area contributed by atoms with Gasteiger partial charge in [0.2, 0.25) is 5.91 Å². The number of para-hydroxylation sites is 1. The number of amides is 2. The Morgan fingerprint density at radius 3 is 2.57 bits per heavy atom. The number of hydrogen-bond acceptors (Lipinski definition) is 6. The zero-order valence-corrected chi connectivity index (χ0v) is 15.6. The van der Waals surface area contributed by atoms with Crippen LogP contribution in [0.5, 0.6) is 5.75 Å². The monoisotopic (exact) mass is 384 g/mol. The lowest BCUT2D eigenvalue weighted by atomic mass is 10.1. The molecule has 2 aromatic carbocycles.